The molecule has 2 aliphatic rings. The molecule has 0 radical (unpaired) electrons. The van der Waals surface area contributed by atoms with Crippen LogP contribution < -0.4 is 5.32 Å². The third kappa shape index (κ3) is 4.17. The maximum absolute atomic E-state index is 9.05. The average Bonchev–Trinajstić information content (AvgIpc) is 2.76. The van der Waals surface area contributed by atoms with Crippen molar-refractivity contribution < 1.29 is 5.11 Å². The van der Waals surface area contributed by atoms with Crippen LogP contribution in [-0.4, -0.2) is 49.3 Å². The normalized spacial score (nSPS) is 35.7. The molecular formula is C16H32N2O. The van der Waals surface area contributed by atoms with E-state index in [0.29, 0.717) is 18.1 Å². The van der Waals surface area contributed by atoms with Crippen LogP contribution in [0.15, 0.2) is 0 Å². The minimum absolute atomic E-state index is 0.355. The summed E-state index contributed by atoms with van der Waals surface area (Å²) < 4.78 is 0. The number of nitrogens with one attached hydrogen (secondary N) is 1. The van der Waals surface area contributed by atoms with E-state index in [1.165, 1.54) is 45.3 Å². The van der Waals surface area contributed by atoms with E-state index in [4.69, 9.17) is 5.11 Å². The highest BCUT2D eigenvalue weighted by atomic mass is 16.3. The maximum atomic E-state index is 9.05. The Morgan fingerprint density at radius 1 is 1.32 bits per heavy atom. The van der Waals surface area contributed by atoms with E-state index in [1.807, 2.05) is 0 Å². The van der Waals surface area contributed by atoms with E-state index in [-0.39, 0.29) is 0 Å². The van der Waals surface area contributed by atoms with Gasteiger partial charge in [-0.05, 0) is 62.9 Å². The van der Waals surface area contributed by atoms with Crippen molar-refractivity contribution in [2.75, 3.05) is 33.3 Å². The van der Waals surface area contributed by atoms with Gasteiger partial charge in [-0.15, -0.1) is 0 Å². The minimum Gasteiger partial charge on any atom is -0.396 e. The maximum Gasteiger partial charge on any atom is 0.0434 e. The Morgan fingerprint density at radius 2 is 2.11 bits per heavy atom. The highest BCUT2D eigenvalue weighted by Gasteiger charge is 2.36. The average molecular weight is 268 g/mol. The van der Waals surface area contributed by atoms with Crippen molar-refractivity contribution in [2.45, 2.75) is 52.0 Å². The molecule has 3 unspecified atom stereocenters. The summed E-state index contributed by atoms with van der Waals surface area (Å²) in [5.41, 5.74) is 0.516. The summed E-state index contributed by atoms with van der Waals surface area (Å²) in [5.74, 6) is 1.52. The molecule has 3 nitrogen and oxygen atoms in total. The van der Waals surface area contributed by atoms with Crippen LogP contribution in [0, 0.1) is 17.3 Å². The van der Waals surface area contributed by atoms with Crippen molar-refractivity contribution in [1.82, 2.24) is 10.2 Å². The Morgan fingerprint density at radius 3 is 2.79 bits per heavy atom. The molecule has 2 fully saturated rings. The van der Waals surface area contributed by atoms with Gasteiger partial charge in [-0.2, -0.15) is 0 Å². The molecule has 0 spiro atoms. The van der Waals surface area contributed by atoms with Gasteiger partial charge in [0.1, 0.15) is 0 Å². The first-order valence-corrected chi connectivity index (χ1v) is 8.04. The quantitative estimate of drug-likeness (QED) is 0.801. The number of nitrogens with zero attached hydrogens (tertiary/aromatic N) is 1. The second-order valence-electron chi connectivity index (χ2n) is 7.49. The minimum atomic E-state index is 0.355. The van der Waals surface area contributed by atoms with Crippen LogP contribution in [0.2, 0.25) is 0 Å². The standard InChI is InChI=1S/C16H32N2O/c1-16(2)7-4-15(17-3)14(10-16)12-18-8-5-13(11-18)6-9-19/h13-15,17,19H,4-12H2,1-3H3. The number of aliphatic hydroxyl groups excluding tert-OH is 1. The summed E-state index contributed by atoms with van der Waals surface area (Å²) in [6, 6.07) is 0.699. The predicted molar refractivity (Wildman–Crippen MR) is 80.2 cm³/mol. The topological polar surface area (TPSA) is 35.5 Å². The zero-order chi connectivity index (χ0) is 13.9. The fourth-order valence-electron chi connectivity index (χ4n) is 4.14. The molecule has 1 saturated heterocycles. The third-order valence-corrected chi connectivity index (χ3v) is 5.29. The van der Waals surface area contributed by atoms with Gasteiger partial charge in [0.15, 0.2) is 0 Å². The van der Waals surface area contributed by atoms with E-state index in [1.54, 1.807) is 0 Å². The molecule has 2 rings (SSSR count). The van der Waals surface area contributed by atoms with Gasteiger partial charge in [-0.3, -0.25) is 0 Å². The Labute approximate surface area is 118 Å². The van der Waals surface area contributed by atoms with Gasteiger partial charge < -0.3 is 15.3 Å². The van der Waals surface area contributed by atoms with Crippen LogP contribution in [0.3, 0.4) is 0 Å². The summed E-state index contributed by atoms with van der Waals surface area (Å²) in [6.45, 7) is 8.88. The van der Waals surface area contributed by atoms with Crippen LogP contribution in [0.1, 0.15) is 46.0 Å². The fraction of sp³-hybridized carbons (Fsp3) is 1.00. The first kappa shape index (κ1) is 15.3. The highest BCUT2D eigenvalue weighted by Crippen LogP contribution is 2.39. The van der Waals surface area contributed by atoms with Gasteiger partial charge in [-0.1, -0.05) is 13.8 Å². The third-order valence-electron chi connectivity index (χ3n) is 5.29. The summed E-state index contributed by atoms with van der Waals surface area (Å²) in [6.07, 6.45) is 6.28. The van der Waals surface area contributed by atoms with E-state index in [9.17, 15) is 0 Å². The predicted octanol–water partition coefficient (Wildman–Crippen LogP) is 2.11. The second kappa shape index (κ2) is 6.55. The molecule has 112 valence electrons. The Bertz CT molecular complexity index is 280. The largest absolute Gasteiger partial charge is 0.396 e. The highest BCUT2D eigenvalue weighted by molar-refractivity contribution is 4.90. The molecule has 0 aromatic carbocycles. The molecular weight excluding hydrogens is 236 g/mol. The molecule has 0 amide bonds. The lowest BCUT2D eigenvalue weighted by Crippen LogP contribution is -2.46. The molecule has 2 N–H and O–H groups in total. The second-order valence-corrected chi connectivity index (χ2v) is 7.49. The van der Waals surface area contributed by atoms with E-state index >= 15 is 0 Å². The Balaban J connectivity index is 1.86. The number of hydrogen-bond acceptors (Lipinski definition) is 3. The molecule has 3 heteroatoms. The first-order chi connectivity index (χ1) is 9.04. The summed E-state index contributed by atoms with van der Waals surface area (Å²) in [4.78, 5) is 2.64. The lowest BCUT2D eigenvalue weighted by atomic mass is 9.69. The van der Waals surface area contributed by atoms with Crippen LogP contribution >= 0.6 is 0 Å². The first-order valence-electron chi connectivity index (χ1n) is 8.04. The van der Waals surface area contributed by atoms with Crippen molar-refractivity contribution in [3.8, 4) is 0 Å². The van der Waals surface area contributed by atoms with Crippen molar-refractivity contribution >= 4 is 0 Å². The van der Waals surface area contributed by atoms with Crippen LogP contribution in [0.5, 0.6) is 0 Å². The Hall–Kier alpha value is -0.120. The summed E-state index contributed by atoms with van der Waals surface area (Å²) >= 11 is 0. The van der Waals surface area contributed by atoms with Crippen LogP contribution in [-0.2, 0) is 0 Å². The monoisotopic (exact) mass is 268 g/mol. The van der Waals surface area contributed by atoms with Crippen molar-refractivity contribution in [3.05, 3.63) is 0 Å². The van der Waals surface area contributed by atoms with Crippen LogP contribution in [0.25, 0.3) is 0 Å². The SMILES string of the molecule is CNC1CCC(C)(C)CC1CN1CCC(CCO)C1. The van der Waals surface area contributed by atoms with E-state index in [0.717, 1.165) is 18.3 Å². The lowest BCUT2D eigenvalue weighted by Gasteiger charge is -2.42. The van der Waals surface area contributed by atoms with E-state index < -0.39 is 0 Å². The van der Waals surface area contributed by atoms with Gasteiger partial charge in [0.25, 0.3) is 0 Å². The van der Waals surface area contributed by atoms with Crippen LogP contribution in [0.4, 0.5) is 0 Å². The lowest BCUT2D eigenvalue weighted by molar-refractivity contribution is 0.110. The molecule has 1 aliphatic carbocycles. The zero-order valence-corrected chi connectivity index (χ0v) is 13.0. The molecule has 19 heavy (non-hydrogen) atoms. The molecule has 0 bridgehead atoms. The van der Waals surface area contributed by atoms with Crippen molar-refractivity contribution in [3.63, 3.8) is 0 Å². The molecule has 3 atom stereocenters. The van der Waals surface area contributed by atoms with Gasteiger partial charge in [0.2, 0.25) is 0 Å². The molecule has 1 saturated carbocycles. The zero-order valence-electron chi connectivity index (χ0n) is 13.0. The molecule has 0 aromatic rings. The Kier molecular flexibility index (Phi) is 5.27. The summed E-state index contributed by atoms with van der Waals surface area (Å²) in [5, 5.41) is 12.6. The van der Waals surface area contributed by atoms with Crippen molar-refractivity contribution in [1.29, 1.82) is 0 Å². The van der Waals surface area contributed by atoms with Gasteiger partial charge in [-0.25, -0.2) is 0 Å². The van der Waals surface area contributed by atoms with Crippen molar-refractivity contribution in [2.24, 2.45) is 17.3 Å². The molecule has 1 heterocycles. The number of hydrogen-bond donors (Lipinski definition) is 2. The smallest absolute Gasteiger partial charge is 0.0434 e. The van der Waals surface area contributed by atoms with Gasteiger partial charge >= 0.3 is 0 Å². The fourth-order valence-corrected chi connectivity index (χ4v) is 4.14. The molecule has 0 aromatic heterocycles. The van der Waals surface area contributed by atoms with E-state index in [2.05, 4.69) is 31.1 Å². The van der Waals surface area contributed by atoms with Gasteiger partial charge in [0, 0.05) is 25.7 Å². The number of aliphatic hydroxyl groups is 1. The number of rotatable bonds is 5. The van der Waals surface area contributed by atoms with Gasteiger partial charge in [0.05, 0.1) is 0 Å². The molecule has 1 aliphatic heterocycles. The number of likely N-dealkylation sites (tertiary alicyclic amines) is 1. The summed E-state index contributed by atoms with van der Waals surface area (Å²) in [7, 11) is 2.12.